The molecule has 1 saturated carbocycles. The Morgan fingerprint density at radius 2 is 1.82 bits per heavy atom. The number of aryl methyl sites for hydroxylation is 2. The third-order valence-electron chi connectivity index (χ3n) is 6.50. The molecule has 1 aromatic carbocycles. The van der Waals surface area contributed by atoms with E-state index in [1.807, 2.05) is 31.2 Å². The predicted molar refractivity (Wildman–Crippen MR) is 125 cm³/mol. The maximum atomic E-state index is 13.2. The summed E-state index contributed by atoms with van der Waals surface area (Å²) in [4.78, 5) is 41.7. The Balaban J connectivity index is 1.40. The van der Waals surface area contributed by atoms with Crippen LogP contribution in [0.5, 0.6) is 0 Å². The van der Waals surface area contributed by atoms with Crippen molar-refractivity contribution in [2.75, 3.05) is 20.1 Å². The Kier molecular flexibility index (Phi) is 7.11. The van der Waals surface area contributed by atoms with Crippen molar-refractivity contribution in [1.29, 1.82) is 0 Å². The van der Waals surface area contributed by atoms with Gasteiger partial charge in [-0.25, -0.2) is 0 Å². The second-order valence-corrected chi connectivity index (χ2v) is 9.27. The molecule has 0 bridgehead atoms. The molecular weight excluding hydrogens is 418 g/mol. The van der Waals surface area contributed by atoms with Crippen LogP contribution in [0.15, 0.2) is 30.3 Å². The van der Waals surface area contributed by atoms with Crippen LogP contribution in [0.2, 0.25) is 0 Å². The third-order valence-corrected chi connectivity index (χ3v) is 6.50. The molecule has 8 nitrogen and oxygen atoms in total. The summed E-state index contributed by atoms with van der Waals surface area (Å²) in [5.74, 6) is -0.636. The number of carbonyl (C=O) groups excluding carboxylic acids is 3. The van der Waals surface area contributed by atoms with Gasteiger partial charge in [-0.1, -0.05) is 49.1 Å². The molecule has 0 spiro atoms. The minimum atomic E-state index is -0.354. The van der Waals surface area contributed by atoms with Crippen molar-refractivity contribution in [2.24, 2.45) is 0 Å². The van der Waals surface area contributed by atoms with Gasteiger partial charge >= 0.3 is 0 Å². The lowest BCUT2D eigenvalue weighted by Crippen LogP contribution is -2.43. The van der Waals surface area contributed by atoms with E-state index >= 15 is 0 Å². The Morgan fingerprint density at radius 3 is 2.55 bits per heavy atom. The molecule has 0 radical (unpaired) electrons. The van der Waals surface area contributed by atoms with E-state index < -0.39 is 0 Å². The molecule has 0 saturated heterocycles. The molecule has 0 unspecified atom stereocenters. The van der Waals surface area contributed by atoms with Crippen molar-refractivity contribution in [3.63, 3.8) is 0 Å². The molecule has 1 aliphatic carbocycles. The zero-order valence-corrected chi connectivity index (χ0v) is 19.5. The van der Waals surface area contributed by atoms with Gasteiger partial charge in [0, 0.05) is 38.8 Å². The smallest absolute Gasteiger partial charge is 0.274 e. The van der Waals surface area contributed by atoms with Crippen LogP contribution in [0.1, 0.15) is 70.6 Å². The van der Waals surface area contributed by atoms with Crippen molar-refractivity contribution in [1.82, 2.24) is 24.9 Å². The summed E-state index contributed by atoms with van der Waals surface area (Å²) in [5.41, 5.74) is 2.87. The van der Waals surface area contributed by atoms with Crippen LogP contribution in [0, 0.1) is 6.92 Å². The maximum Gasteiger partial charge on any atom is 0.274 e. The standard InChI is InChI=1S/C25H33N5O3/c1-18-9-11-19(12-10-18)16-29-13-6-14-30-22(25(29)33)15-21(27-30)24(32)28(2)17-23(31)26-20-7-4-3-5-8-20/h9-12,15,20H,3-8,13-14,16-17H2,1-2H3,(H,26,31). The minimum absolute atomic E-state index is 0.0228. The number of hydrogen-bond donors (Lipinski definition) is 1. The Hall–Kier alpha value is -3.16. The summed E-state index contributed by atoms with van der Waals surface area (Å²) < 4.78 is 1.63. The number of rotatable bonds is 6. The number of nitrogens with zero attached hydrogens (tertiary/aromatic N) is 4. The first-order valence-corrected chi connectivity index (χ1v) is 11.9. The molecule has 8 heteroatoms. The largest absolute Gasteiger partial charge is 0.352 e. The summed E-state index contributed by atoms with van der Waals surface area (Å²) in [7, 11) is 1.60. The highest BCUT2D eigenvalue weighted by Gasteiger charge is 2.28. The predicted octanol–water partition coefficient (Wildman–Crippen LogP) is 2.76. The Labute approximate surface area is 194 Å². The molecule has 4 rings (SSSR count). The summed E-state index contributed by atoms with van der Waals surface area (Å²) in [6.07, 6.45) is 6.25. The molecule has 2 heterocycles. The number of aromatic nitrogens is 2. The fraction of sp³-hybridized carbons (Fsp3) is 0.520. The van der Waals surface area contributed by atoms with Crippen LogP contribution in [0.4, 0.5) is 0 Å². The molecule has 0 atom stereocenters. The quantitative estimate of drug-likeness (QED) is 0.732. The SMILES string of the molecule is Cc1ccc(CN2CCCn3nc(C(=O)N(C)CC(=O)NC4CCCCC4)cc3C2=O)cc1. The zero-order chi connectivity index (χ0) is 23.4. The molecule has 33 heavy (non-hydrogen) atoms. The first-order chi connectivity index (χ1) is 15.9. The highest BCUT2D eigenvalue weighted by molar-refractivity contribution is 5.99. The number of benzene rings is 1. The molecule has 2 aliphatic rings. The van der Waals surface area contributed by atoms with Crippen LogP contribution >= 0.6 is 0 Å². The van der Waals surface area contributed by atoms with Crippen LogP contribution in [0.25, 0.3) is 0 Å². The number of amides is 3. The van der Waals surface area contributed by atoms with E-state index in [1.165, 1.54) is 16.9 Å². The van der Waals surface area contributed by atoms with Gasteiger partial charge in [-0.2, -0.15) is 5.10 Å². The van der Waals surface area contributed by atoms with E-state index in [-0.39, 0.29) is 36.0 Å². The van der Waals surface area contributed by atoms with Crippen LogP contribution < -0.4 is 5.32 Å². The normalized spacial score (nSPS) is 16.8. The average Bonchev–Trinajstić information content (AvgIpc) is 3.17. The second kappa shape index (κ2) is 10.2. The van der Waals surface area contributed by atoms with Gasteiger partial charge in [0.05, 0.1) is 6.54 Å². The van der Waals surface area contributed by atoms with Gasteiger partial charge < -0.3 is 15.1 Å². The molecule has 176 valence electrons. The number of hydrogen-bond acceptors (Lipinski definition) is 4. The monoisotopic (exact) mass is 451 g/mol. The average molecular weight is 452 g/mol. The van der Waals surface area contributed by atoms with E-state index in [0.717, 1.165) is 37.7 Å². The Bertz CT molecular complexity index is 1010. The van der Waals surface area contributed by atoms with E-state index in [0.29, 0.717) is 25.3 Å². The highest BCUT2D eigenvalue weighted by Crippen LogP contribution is 2.19. The van der Waals surface area contributed by atoms with E-state index in [9.17, 15) is 14.4 Å². The minimum Gasteiger partial charge on any atom is -0.352 e. The Morgan fingerprint density at radius 1 is 1.09 bits per heavy atom. The van der Waals surface area contributed by atoms with Gasteiger partial charge in [-0.3, -0.25) is 19.1 Å². The maximum absolute atomic E-state index is 13.2. The lowest BCUT2D eigenvalue weighted by Gasteiger charge is -2.24. The number of carbonyl (C=O) groups is 3. The molecule has 1 aliphatic heterocycles. The van der Waals surface area contributed by atoms with Crippen molar-refractivity contribution in [3.8, 4) is 0 Å². The highest BCUT2D eigenvalue weighted by atomic mass is 16.2. The molecule has 1 N–H and O–H groups in total. The van der Waals surface area contributed by atoms with Gasteiger partial charge in [0.25, 0.3) is 11.8 Å². The number of likely N-dealkylation sites (N-methyl/N-ethyl adjacent to an activating group) is 1. The fourth-order valence-corrected chi connectivity index (χ4v) is 4.61. The van der Waals surface area contributed by atoms with Crippen molar-refractivity contribution in [3.05, 3.63) is 52.8 Å². The van der Waals surface area contributed by atoms with Crippen molar-refractivity contribution >= 4 is 17.7 Å². The molecular formula is C25H33N5O3. The lowest BCUT2D eigenvalue weighted by atomic mass is 9.95. The van der Waals surface area contributed by atoms with Gasteiger partial charge in [-0.05, 0) is 31.7 Å². The molecule has 1 aromatic heterocycles. The summed E-state index contributed by atoms with van der Waals surface area (Å²) in [6, 6.07) is 9.92. The van der Waals surface area contributed by atoms with E-state index in [2.05, 4.69) is 10.4 Å². The second-order valence-electron chi connectivity index (χ2n) is 9.27. The fourth-order valence-electron chi connectivity index (χ4n) is 4.61. The topological polar surface area (TPSA) is 87.5 Å². The number of fused-ring (bicyclic) bond motifs is 1. The summed E-state index contributed by atoms with van der Waals surface area (Å²) in [6.45, 7) is 3.75. The van der Waals surface area contributed by atoms with E-state index in [1.54, 1.807) is 22.7 Å². The van der Waals surface area contributed by atoms with Crippen LogP contribution in [0.3, 0.4) is 0 Å². The molecule has 1 fully saturated rings. The third kappa shape index (κ3) is 5.61. The van der Waals surface area contributed by atoms with Crippen LogP contribution in [-0.4, -0.2) is 63.5 Å². The van der Waals surface area contributed by atoms with Gasteiger partial charge in [0.1, 0.15) is 5.69 Å². The summed E-state index contributed by atoms with van der Waals surface area (Å²) >= 11 is 0. The molecule has 3 amide bonds. The van der Waals surface area contributed by atoms with E-state index in [4.69, 9.17) is 0 Å². The first-order valence-electron chi connectivity index (χ1n) is 11.9. The lowest BCUT2D eigenvalue weighted by molar-refractivity contribution is -0.122. The first kappa shape index (κ1) is 23.0. The van der Waals surface area contributed by atoms with Crippen LogP contribution in [-0.2, 0) is 17.9 Å². The van der Waals surface area contributed by atoms with Crippen molar-refractivity contribution in [2.45, 2.75) is 64.6 Å². The van der Waals surface area contributed by atoms with Gasteiger partial charge in [0.15, 0.2) is 5.69 Å². The van der Waals surface area contributed by atoms with Crippen molar-refractivity contribution < 1.29 is 14.4 Å². The zero-order valence-electron chi connectivity index (χ0n) is 19.5. The van der Waals surface area contributed by atoms with Gasteiger partial charge in [0.2, 0.25) is 5.91 Å². The molecule has 2 aromatic rings. The summed E-state index contributed by atoms with van der Waals surface area (Å²) in [5, 5.41) is 7.44. The number of nitrogens with one attached hydrogen (secondary N) is 1. The van der Waals surface area contributed by atoms with Gasteiger partial charge in [-0.15, -0.1) is 0 Å².